The Morgan fingerprint density at radius 2 is 1.61 bits per heavy atom. The minimum Gasteiger partial charge on any atom is -0.357 e. The summed E-state index contributed by atoms with van der Waals surface area (Å²) in [5, 5.41) is 9.42. The highest BCUT2D eigenvalue weighted by Gasteiger charge is 2.07. The second-order valence-corrected chi connectivity index (χ2v) is 6.47. The van der Waals surface area contributed by atoms with Crippen molar-refractivity contribution in [1.29, 1.82) is 0 Å². The topological polar surface area (TPSA) is 65.5 Å². The summed E-state index contributed by atoms with van der Waals surface area (Å²) in [6.45, 7) is 6.42. The zero-order chi connectivity index (χ0) is 19.3. The maximum Gasteiger partial charge on any atom is 0.241 e. The van der Waals surface area contributed by atoms with E-state index in [-0.39, 0.29) is 36.4 Å². The van der Waals surface area contributed by atoms with Gasteiger partial charge in [-0.3, -0.25) is 4.79 Å². The molecule has 0 aromatic heterocycles. The first-order chi connectivity index (χ1) is 13.2. The summed E-state index contributed by atoms with van der Waals surface area (Å²) in [5.41, 5.74) is 2.49. The monoisotopic (exact) mass is 494 g/mol. The van der Waals surface area contributed by atoms with Crippen LogP contribution in [-0.4, -0.2) is 38.0 Å². The lowest BCUT2D eigenvalue weighted by atomic mass is 10.0. The molecule has 0 heterocycles. The van der Waals surface area contributed by atoms with Crippen molar-refractivity contribution in [2.24, 2.45) is 4.99 Å². The van der Waals surface area contributed by atoms with E-state index >= 15 is 0 Å². The SMILES string of the molecule is CCNC(=NCC(=O)NCCc1ccccc1)NCC(C)c1ccccc1.I. The molecule has 0 bridgehead atoms. The summed E-state index contributed by atoms with van der Waals surface area (Å²) in [4.78, 5) is 16.4. The average Bonchev–Trinajstić information content (AvgIpc) is 2.71. The van der Waals surface area contributed by atoms with E-state index in [2.05, 4.69) is 52.1 Å². The molecule has 28 heavy (non-hydrogen) atoms. The molecule has 0 aliphatic heterocycles. The number of nitrogens with zero attached hydrogens (tertiary/aromatic N) is 1. The van der Waals surface area contributed by atoms with Crippen LogP contribution in [0.25, 0.3) is 0 Å². The average molecular weight is 494 g/mol. The number of rotatable bonds is 9. The van der Waals surface area contributed by atoms with E-state index in [1.807, 2.05) is 43.3 Å². The van der Waals surface area contributed by atoms with Crippen molar-refractivity contribution in [3.8, 4) is 0 Å². The third-order valence-corrected chi connectivity index (χ3v) is 4.25. The van der Waals surface area contributed by atoms with Crippen molar-refractivity contribution >= 4 is 35.8 Å². The lowest BCUT2D eigenvalue weighted by Crippen LogP contribution is -2.40. The summed E-state index contributed by atoms with van der Waals surface area (Å²) in [5.74, 6) is 0.951. The van der Waals surface area contributed by atoms with Crippen LogP contribution in [-0.2, 0) is 11.2 Å². The maximum absolute atomic E-state index is 12.0. The molecule has 0 fully saturated rings. The Kier molecular flexibility index (Phi) is 12.0. The highest BCUT2D eigenvalue weighted by Crippen LogP contribution is 2.12. The molecule has 1 atom stereocenters. The number of guanidine groups is 1. The van der Waals surface area contributed by atoms with Gasteiger partial charge >= 0.3 is 0 Å². The number of hydrogen-bond acceptors (Lipinski definition) is 2. The molecule has 1 amide bonds. The normalized spacial score (nSPS) is 11.9. The standard InChI is InChI=1S/C22H30N4O.HI/c1-3-23-22(25-16-18(2)20-12-8-5-9-13-20)26-17-21(27)24-15-14-19-10-6-4-7-11-19;/h4-13,18H,3,14-17H2,1-2H3,(H,24,27)(H2,23,25,26);1H. The van der Waals surface area contributed by atoms with Gasteiger partial charge < -0.3 is 16.0 Å². The van der Waals surface area contributed by atoms with E-state index in [1.54, 1.807) is 0 Å². The van der Waals surface area contributed by atoms with Crippen LogP contribution in [0, 0.1) is 0 Å². The van der Waals surface area contributed by atoms with E-state index < -0.39 is 0 Å². The van der Waals surface area contributed by atoms with Gasteiger partial charge in [0.15, 0.2) is 5.96 Å². The molecule has 0 aliphatic rings. The van der Waals surface area contributed by atoms with Crippen molar-refractivity contribution in [2.75, 3.05) is 26.2 Å². The molecule has 3 N–H and O–H groups in total. The highest BCUT2D eigenvalue weighted by molar-refractivity contribution is 14.0. The maximum atomic E-state index is 12.0. The van der Waals surface area contributed by atoms with Gasteiger partial charge in [0.25, 0.3) is 0 Å². The van der Waals surface area contributed by atoms with Gasteiger partial charge in [-0.25, -0.2) is 4.99 Å². The fraction of sp³-hybridized carbons (Fsp3) is 0.364. The van der Waals surface area contributed by atoms with Crippen molar-refractivity contribution < 1.29 is 4.79 Å². The van der Waals surface area contributed by atoms with E-state index in [4.69, 9.17) is 0 Å². The molecule has 0 saturated heterocycles. The third kappa shape index (κ3) is 9.21. The number of benzene rings is 2. The van der Waals surface area contributed by atoms with Crippen LogP contribution in [0.4, 0.5) is 0 Å². The molecular formula is C22H31IN4O. The fourth-order valence-electron chi connectivity index (χ4n) is 2.69. The van der Waals surface area contributed by atoms with E-state index in [0.717, 1.165) is 19.5 Å². The molecule has 0 radical (unpaired) electrons. The number of carbonyl (C=O) groups is 1. The zero-order valence-corrected chi connectivity index (χ0v) is 19.0. The Labute approximate surface area is 185 Å². The van der Waals surface area contributed by atoms with E-state index in [1.165, 1.54) is 11.1 Å². The summed E-state index contributed by atoms with van der Waals surface area (Å²) >= 11 is 0. The molecule has 0 aliphatic carbocycles. The number of carbonyl (C=O) groups excluding carboxylic acids is 1. The summed E-state index contributed by atoms with van der Waals surface area (Å²) < 4.78 is 0. The van der Waals surface area contributed by atoms with Gasteiger partial charge in [0.2, 0.25) is 5.91 Å². The molecule has 5 nitrogen and oxygen atoms in total. The minimum atomic E-state index is -0.0701. The number of halogens is 1. The smallest absolute Gasteiger partial charge is 0.241 e. The minimum absolute atomic E-state index is 0. The first kappa shape index (κ1) is 23.9. The third-order valence-electron chi connectivity index (χ3n) is 4.25. The van der Waals surface area contributed by atoms with Gasteiger partial charge in [0.1, 0.15) is 6.54 Å². The lowest BCUT2D eigenvalue weighted by Gasteiger charge is -2.16. The number of hydrogen-bond donors (Lipinski definition) is 3. The van der Waals surface area contributed by atoms with Crippen molar-refractivity contribution in [3.05, 3.63) is 71.8 Å². The Hall–Kier alpha value is -2.09. The van der Waals surface area contributed by atoms with Gasteiger partial charge in [-0.05, 0) is 30.4 Å². The second-order valence-electron chi connectivity index (χ2n) is 6.47. The van der Waals surface area contributed by atoms with Crippen LogP contribution in [0.3, 0.4) is 0 Å². The molecule has 0 saturated carbocycles. The van der Waals surface area contributed by atoms with Crippen LogP contribution in [0.5, 0.6) is 0 Å². The fourth-order valence-corrected chi connectivity index (χ4v) is 2.69. The van der Waals surface area contributed by atoms with Gasteiger partial charge in [-0.15, -0.1) is 24.0 Å². The molecule has 0 spiro atoms. The number of amides is 1. The molecule has 152 valence electrons. The van der Waals surface area contributed by atoms with Gasteiger partial charge in [0, 0.05) is 19.6 Å². The molecule has 2 aromatic rings. The Morgan fingerprint density at radius 1 is 0.964 bits per heavy atom. The molecule has 2 rings (SSSR count). The Balaban J connectivity index is 0.00000392. The van der Waals surface area contributed by atoms with Crippen molar-refractivity contribution in [1.82, 2.24) is 16.0 Å². The van der Waals surface area contributed by atoms with Crippen LogP contribution < -0.4 is 16.0 Å². The van der Waals surface area contributed by atoms with Gasteiger partial charge in [-0.1, -0.05) is 67.6 Å². The van der Waals surface area contributed by atoms with Crippen LogP contribution in [0.1, 0.15) is 30.9 Å². The quantitative estimate of drug-likeness (QED) is 0.285. The van der Waals surface area contributed by atoms with Crippen LogP contribution in [0.2, 0.25) is 0 Å². The predicted octanol–water partition coefficient (Wildman–Crippen LogP) is 3.32. The largest absolute Gasteiger partial charge is 0.357 e. The summed E-state index contributed by atoms with van der Waals surface area (Å²) in [7, 11) is 0. The molecule has 1 unspecified atom stereocenters. The van der Waals surface area contributed by atoms with Crippen LogP contribution >= 0.6 is 24.0 Å². The first-order valence-electron chi connectivity index (χ1n) is 9.56. The van der Waals surface area contributed by atoms with Gasteiger partial charge in [0.05, 0.1) is 0 Å². The number of aliphatic imine (C=N–C) groups is 1. The van der Waals surface area contributed by atoms with Crippen molar-refractivity contribution in [2.45, 2.75) is 26.2 Å². The lowest BCUT2D eigenvalue weighted by molar-refractivity contribution is -0.119. The zero-order valence-electron chi connectivity index (χ0n) is 16.7. The van der Waals surface area contributed by atoms with E-state index in [0.29, 0.717) is 18.4 Å². The van der Waals surface area contributed by atoms with Crippen LogP contribution in [0.15, 0.2) is 65.7 Å². The molecular weight excluding hydrogens is 463 g/mol. The van der Waals surface area contributed by atoms with E-state index in [9.17, 15) is 4.79 Å². The molecule has 2 aromatic carbocycles. The number of nitrogens with one attached hydrogen (secondary N) is 3. The second kappa shape index (κ2) is 14.0. The first-order valence-corrected chi connectivity index (χ1v) is 9.56. The summed E-state index contributed by atoms with van der Waals surface area (Å²) in [6.07, 6.45) is 0.823. The summed E-state index contributed by atoms with van der Waals surface area (Å²) in [6, 6.07) is 20.5. The molecule has 6 heteroatoms. The van der Waals surface area contributed by atoms with Gasteiger partial charge in [-0.2, -0.15) is 0 Å². The Bertz CT molecular complexity index is 707. The Morgan fingerprint density at radius 3 is 2.25 bits per heavy atom. The predicted molar refractivity (Wildman–Crippen MR) is 127 cm³/mol. The highest BCUT2D eigenvalue weighted by atomic mass is 127. The van der Waals surface area contributed by atoms with Crippen molar-refractivity contribution in [3.63, 3.8) is 0 Å².